The van der Waals surface area contributed by atoms with E-state index in [1.165, 1.54) is 6.07 Å². The number of nitrogens with two attached hydrogens (primary N) is 1. The minimum absolute atomic E-state index is 0.146. The van der Waals surface area contributed by atoms with Crippen LogP contribution < -0.4 is 11.1 Å². The molecule has 0 aromatic heterocycles. The minimum Gasteiger partial charge on any atom is -0.409 e. The number of nitrogens with zero attached hydrogens (tertiary/aromatic N) is 1. The summed E-state index contributed by atoms with van der Waals surface area (Å²) in [4.78, 5) is 12.2. The van der Waals surface area contributed by atoms with Crippen molar-refractivity contribution in [3.8, 4) is 0 Å². The van der Waals surface area contributed by atoms with Gasteiger partial charge in [-0.25, -0.2) is 8.78 Å². The molecule has 0 aliphatic heterocycles. The van der Waals surface area contributed by atoms with Crippen LogP contribution in [-0.4, -0.2) is 22.5 Å². The number of carbonyl (C=O) groups excluding carboxylic acids is 1. The summed E-state index contributed by atoms with van der Waals surface area (Å²) in [5.74, 6) is -2.94. The second-order valence-corrected chi connectivity index (χ2v) is 5.18. The third kappa shape index (κ3) is 2.96. The van der Waals surface area contributed by atoms with Crippen molar-refractivity contribution in [2.45, 2.75) is 37.6 Å². The monoisotopic (exact) mass is 297 g/mol. The molecule has 0 heterocycles. The van der Waals surface area contributed by atoms with Crippen LogP contribution in [0.2, 0.25) is 0 Å². The van der Waals surface area contributed by atoms with Gasteiger partial charge in [0.1, 0.15) is 22.7 Å². The summed E-state index contributed by atoms with van der Waals surface area (Å²) >= 11 is 0. The van der Waals surface area contributed by atoms with Crippen LogP contribution in [0.1, 0.15) is 42.5 Å². The molecule has 0 unspecified atom stereocenters. The van der Waals surface area contributed by atoms with Crippen molar-refractivity contribution in [1.29, 1.82) is 0 Å². The topological polar surface area (TPSA) is 87.7 Å². The number of rotatable bonds is 3. The maximum absolute atomic E-state index is 13.7. The fraction of sp³-hybridized carbons (Fsp3) is 0.429. The maximum atomic E-state index is 13.7. The summed E-state index contributed by atoms with van der Waals surface area (Å²) in [6.45, 7) is 0. The number of amidine groups is 1. The summed E-state index contributed by atoms with van der Waals surface area (Å²) in [6.07, 6.45) is 3.44. The van der Waals surface area contributed by atoms with Gasteiger partial charge in [-0.05, 0) is 25.0 Å². The van der Waals surface area contributed by atoms with E-state index in [1.807, 2.05) is 0 Å². The zero-order valence-corrected chi connectivity index (χ0v) is 11.4. The van der Waals surface area contributed by atoms with Gasteiger partial charge in [0.05, 0.1) is 0 Å². The van der Waals surface area contributed by atoms with Gasteiger partial charge in [0.25, 0.3) is 5.91 Å². The van der Waals surface area contributed by atoms with Crippen LogP contribution >= 0.6 is 0 Å². The molecule has 1 aliphatic rings. The predicted octanol–water partition coefficient (Wildman–Crippen LogP) is 2.14. The van der Waals surface area contributed by atoms with Crippen LogP contribution in [-0.2, 0) is 0 Å². The smallest absolute Gasteiger partial charge is 0.258 e. The molecule has 2 rings (SSSR count). The van der Waals surface area contributed by atoms with Gasteiger partial charge in [-0.3, -0.25) is 4.79 Å². The number of hydrogen-bond donors (Lipinski definition) is 3. The molecule has 0 bridgehead atoms. The average molecular weight is 297 g/mol. The number of nitrogens with one attached hydrogen (secondary N) is 1. The van der Waals surface area contributed by atoms with Crippen molar-refractivity contribution >= 4 is 11.7 Å². The molecule has 21 heavy (non-hydrogen) atoms. The zero-order chi connectivity index (χ0) is 15.5. The highest BCUT2D eigenvalue weighted by atomic mass is 19.1. The second-order valence-electron chi connectivity index (χ2n) is 5.18. The molecular formula is C14H17F2N3O2. The molecule has 0 radical (unpaired) electrons. The van der Waals surface area contributed by atoms with Crippen molar-refractivity contribution < 1.29 is 18.8 Å². The molecule has 1 saturated carbocycles. The van der Waals surface area contributed by atoms with Gasteiger partial charge in [0, 0.05) is 0 Å². The molecule has 1 aliphatic carbocycles. The minimum atomic E-state index is -1.06. The molecule has 1 fully saturated rings. The average Bonchev–Trinajstić information content (AvgIpc) is 2.47. The largest absolute Gasteiger partial charge is 0.409 e. The first kappa shape index (κ1) is 15.2. The Bertz CT molecular complexity index is 549. The molecule has 0 saturated heterocycles. The first-order valence-electron chi connectivity index (χ1n) is 6.75. The number of benzene rings is 1. The third-order valence-corrected chi connectivity index (χ3v) is 3.85. The van der Waals surface area contributed by atoms with Gasteiger partial charge in [-0.1, -0.05) is 30.5 Å². The van der Waals surface area contributed by atoms with Crippen molar-refractivity contribution in [3.05, 3.63) is 35.4 Å². The van der Waals surface area contributed by atoms with E-state index in [2.05, 4.69) is 10.5 Å². The van der Waals surface area contributed by atoms with Crippen LogP contribution in [0.25, 0.3) is 0 Å². The predicted molar refractivity (Wildman–Crippen MR) is 73.0 cm³/mol. The van der Waals surface area contributed by atoms with Crippen molar-refractivity contribution in [2.24, 2.45) is 10.9 Å². The molecule has 5 nitrogen and oxygen atoms in total. The van der Waals surface area contributed by atoms with E-state index in [9.17, 15) is 13.6 Å². The Labute approximate surface area is 120 Å². The van der Waals surface area contributed by atoms with Gasteiger partial charge in [0.15, 0.2) is 5.84 Å². The van der Waals surface area contributed by atoms with Crippen molar-refractivity contribution in [3.63, 3.8) is 0 Å². The van der Waals surface area contributed by atoms with E-state index in [4.69, 9.17) is 10.9 Å². The Morgan fingerprint density at radius 2 is 1.81 bits per heavy atom. The number of oxime groups is 1. The molecule has 114 valence electrons. The Balaban J connectivity index is 2.31. The first-order chi connectivity index (χ1) is 10.00. The van der Waals surface area contributed by atoms with Gasteiger partial charge in [0.2, 0.25) is 0 Å². The van der Waals surface area contributed by atoms with Crippen LogP contribution in [0, 0.1) is 11.6 Å². The molecule has 1 amide bonds. The van der Waals surface area contributed by atoms with E-state index >= 15 is 0 Å². The maximum Gasteiger partial charge on any atom is 0.258 e. The normalized spacial score (nSPS) is 18.3. The number of carbonyl (C=O) groups is 1. The fourth-order valence-corrected chi connectivity index (χ4v) is 2.69. The molecule has 0 atom stereocenters. The molecular weight excluding hydrogens is 280 g/mol. The Morgan fingerprint density at radius 1 is 1.24 bits per heavy atom. The number of amides is 1. The van der Waals surface area contributed by atoms with E-state index in [-0.39, 0.29) is 5.84 Å². The Hall–Kier alpha value is -2.18. The molecule has 1 aromatic rings. The third-order valence-electron chi connectivity index (χ3n) is 3.85. The lowest BCUT2D eigenvalue weighted by Gasteiger charge is -2.36. The summed E-state index contributed by atoms with van der Waals surface area (Å²) in [7, 11) is 0. The van der Waals surface area contributed by atoms with Gasteiger partial charge < -0.3 is 16.3 Å². The summed E-state index contributed by atoms with van der Waals surface area (Å²) < 4.78 is 27.3. The molecule has 7 heteroatoms. The van der Waals surface area contributed by atoms with Crippen LogP contribution in [0.5, 0.6) is 0 Å². The summed E-state index contributed by atoms with van der Waals surface area (Å²) in [5.41, 5.74) is 3.97. The zero-order valence-electron chi connectivity index (χ0n) is 11.4. The van der Waals surface area contributed by atoms with E-state index in [0.29, 0.717) is 12.8 Å². The van der Waals surface area contributed by atoms with Crippen molar-refractivity contribution in [2.75, 3.05) is 0 Å². The lowest BCUT2D eigenvalue weighted by molar-refractivity contribution is 0.0897. The van der Waals surface area contributed by atoms with Crippen molar-refractivity contribution in [1.82, 2.24) is 5.32 Å². The standard InChI is InChI=1S/C14H17F2N3O2/c15-9-5-4-6-10(16)11(9)12(20)18-14(13(17)19-21)7-2-1-3-8-14/h4-6,21H,1-3,7-8H2,(H2,17,19)(H,18,20). The highest BCUT2D eigenvalue weighted by Crippen LogP contribution is 2.29. The van der Waals surface area contributed by atoms with Crippen LogP contribution in [0.3, 0.4) is 0 Å². The quantitative estimate of drug-likeness (QED) is 0.346. The number of halogens is 2. The molecule has 1 aromatic carbocycles. The lowest BCUT2D eigenvalue weighted by atomic mass is 9.80. The van der Waals surface area contributed by atoms with Crippen LogP contribution in [0.4, 0.5) is 8.78 Å². The SMILES string of the molecule is N/C(=N/O)C1(NC(=O)c2c(F)cccc2F)CCCCC1. The van der Waals surface area contributed by atoms with Gasteiger partial charge in [-0.2, -0.15) is 0 Å². The Kier molecular flexibility index (Phi) is 4.40. The number of hydrogen-bond acceptors (Lipinski definition) is 3. The Morgan fingerprint density at radius 3 is 2.33 bits per heavy atom. The van der Waals surface area contributed by atoms with E-state index in [1.54, 1.807) is 0 Å². The highest BCUT2D eigenvalue weighted by Gasteiger charge is 2.39. The van der Waals surface area contributed by atoms with Gasteiger partial charge >= 0.3 is 0 Å². The van der Waals surface area contributed by atoms with Gasteiger partial charge in [-0.15, -0.1) is 0 Å². The van der Waals surface area contributed by atoms with E-state index in [0.717, 1.165) is 31.4 Å². The first-order valence-corrected chi connectivity index (χ1v) is 6.75. The van der Waals surface area contributed by atoms with Crippen LogP contribution in [0.15, 0.2) is 23.4 Å². The molecule has 4 N–H and O–H groups in total. The summed E-state index contributed by atoms with van der Waals surface area (Å²) in [5, 5.41) is 14.4. The molecule has 0 spiro atoms. The summed E-state index contributed by atoms with van der Waals surface area (Å²) in [6, 6.07) is 3.20. The fourth-order valence-electron chi connectivity index (χ4n) is 2.69. The highest BCUT2D eigenvalue weighted by molar-refractivity contribution is 6.00. The second kappa shape index (κ2) is 6.07. The lowest BCUT2D eigenvalue weighted by Crippen LogP contribution is -2.58. The van der Waals surface area contributed by atoms with E-state index < -0.39 is 28.6 Å².